The number of ether oxygens (including phenoxy) is 1. The van der Waals surface area contributed by atoms with Crippen molar-refractivity contribution in [3.05, 3.63) is 24.3 Å². The number of nitrogens with zero attached hydrogens (tertiary/aromatic N) is 1. The van der Waals surface area contributed by atoms with Gasteiger partial charge in [0, 0.05) is 17.5 Å². The Kier molecular flexibility index (Phi) is 5.48. The summed E-state index contributed by atoms with van der Waals surface area (Å²) >= 11 is 1.45. The number of benzene rings is 1. The van der Waals surface area contributed by atoms with Crippen LogP contribution in [-0.4, -0.2) is 53.5 Å². The largest absolute Gasteiger partial charge is 0.481 e. The van der Waals surface area contributed by atoms with Crippen LogP contribution < -0.4 is 4.74 Å². The number of sulfonamides is 1. The molecular weight excluding hydrogens is 350 g/mol. The van der Waals surface area contributed by atoms with Crippen molar-refractivity contribution in [3.8, 4) is 18.1 Å². The Hall–Kier alpha value is -1.69. The van der Waals surface area contributed by atoms with Gasteiger partial charge in [-0.1, -0.05) is 12.8 Å². The number of carboxylic acids is 1. The Morgan fingerprint density at radius 3 is 2.67 bits per heavy atom. The second-order valence-corrected chi connectivity index (χ2v) is 8.82. The summed E-state index contributed by atoms with van der Waals surface area (Å²) in [5.74, 6) is 2.17. The van der Waals surface area contributed by atoms with E-state index in [9.17, 15) is 18.3 Å². The number of aliphatic carboxylic acids is 1. The molecule has 0 spiro atoms. The van der Waals surface area contributed by atoms with Crippen molar-refractivity contribution < 1.29 is 23.1 Å². The summed E-state index contributed by atoms with van der Waals surface area (Å²) in [6.45, 7) is 3.42. The maximum Gasteiger partial charge on any atom is 0.326 e. The Morgan fingerprint density at radius 2 is 2.12 bits per heavy atom. The molecule has 0 radical (unpaired) electrons. The van der Waals surface area contributed by atoms with E-state index in [1.54, 1.807) is 6.92 Å². The molecule has 1 N–H and O–H groups in total. The lowest BCUT2D eigenvalue weighted by atomic mass is 9.98. The van der Waals surface area contributed by atoms with E-state index < -0.39 is 21.5 Å². The molecule has 6 nitrogen and oxygen atoms in total. The zero-order valence-electron chi connectivity index (χ0n) is 13.4. The van der Waals surface area contributed by atoms with Gasteiger partial charge < -0.3 is 9.84 Å². The predicted molar refractivity (Wildman–Crippen MR) is 92.6 cm³/mol. The zero-order chi connectivity index (χ0) is 18.0. The highest BCUT2D eigenvalue weighted by Gasteiger charge is 2.52. The molecule has 2 unspecified atom stereocenters. The highest BCUT2D eigenvalue weighted by molar-refractivity contribution is 8.00. The van der Waals surface area contributed by atoms with Gasteiger partial charge in [0.05, 0.1) is 4.90 Å². The number of thioether (sulfide) groups is 1. The van der Waals surface area contributed by atoms with Crippen LogP contribution in [0.25, 0.3) is 0 Å². The molecule has 8 heteroatoms. The minimum absolute atomic E-state index is 0.0298. The first-order chi connectivity index (χ1) is 11.2. The van der Waals surface area contributed by atoms with Crippen molar-refractivity contribution in [3.63, 3.8) is 0 Å². The van der Waals surface area contributed by atoms with Gasteiger partial charge in [-0.3, -0.25) is 4.79 Å². The van der Waals surface area contributed by atoms with E-state index in [4.69, 9.17) is 11.2 Å². The average molecular weight is 369 g/mol. The number of carboxylic acid groups (broad SMARTS) is 1. The molecule has 0 aromatic heterocycles. The number of hydrogen-bond donors (Lipinski definition) is 1. The van der Waals surface area contributed by atoms with Crippen LogP contribution in [0.1, 0.15) is 13.8 Å². The molecule has 0 bridgehead atoms. The first-order valence-corrected chi connectivity index (χ1v) is 9.77. The normalized spacial score (nSPS) is 25.0. The van der Waals surface area contributed by atoms with Crippen molar-refractivity contribution in [2.24, 2.45) is 0 Å². The Balaban J connectivity index is 2.38. The Morgan fingerprint density at radius 1 is 1.50 bits per heavy atom. The summed E-state index contributed by atoms with van der Waals surface area (Å²) in [6, 6.07) is 5.81. The fourth-order valence-electron chi connectivity index (χ4n) is 2.52. The van der Waals surface area contributed by atoms with Crippen LogP contribution in [0.5, 0.6) is 5.75 Å². The summed E-state index contributed by atoms with van der Waals surface area (Å²) in [7, 11) is -3.94. The molecular formula is C16H19NO5S2. The topological polar surface area (TPSA) is 83.9 Å². The molecule has 0 saturated carbocycles. The van der Waals surface area contributed by atoms with Crippen molar-refractivity contribution in [2.75, 3.05) is 18.9 Å². The third kappa shape index (κ3) is 3.24. The maximum absolute atomic E-state index is 13.0. The van der Waals surface area contributed by atoms with Gasteiger partial charge in [0.2, 0.25) is 10.0 Å². The predicted octanol–water partition coefficient (Wildman–Crippen LogP) is 1.67. The zero-order valence-corrected chi connectivity index (χ0v) is 15.1. The van der Waals surface area contributed by atoms with E-state index >= 15 is 0 Å². The molecule has 2 rings (SSSR count). The van der Waals surface area contributed by atoms with E-state index in [-0.39, 0.29) is 23.3 Å². The molecule has 130 valence electrons. The van der Waals surface area contributed by atoms with Gasteiger partial charge in [-0.2, -0.15) is 16.1 Å². The number of carbonyl (C=O) groups is 1. The smallest absolute Gasteiger partial charge is 0.326 e. The van der Waals surface area contributed by atoms with Crippen LogP contribution in [0.3, 0.4) is 0 Å². The van der Waals surface area contributed by atoms with Gasteiger partial charge >= 0.3 is 5.97 Å². The minimum Gasteiger partial charge on any atom is -0.481 e. The monoisotopic (exact) mass is 369 g/mol. The number of hydrogen-bond acceptors (Lipinski definition) is 5. The molecule has 1 aromatic rings. The van der Waals surface area contributed by atoms with E-state index in [1.807, 2.05) is 0 Å². The van der Waals surface area contributed by atoms with Crippen LogP contribution >= 0.6 is 11.8 Å². The fourth-order valence-corrected chi connectivity index (χ4v) is 5.70. The van der Waals surface area contributed by atoms with Crippen LogP contribution in [0.15, 0.2) is 29.2 Å². The van der Waals surface area contributed by atoms with Gasteiger partial charge in [-0.05, 0) is 31.2 Å². The molecule has 24 heavy (non-hydrogen) atoms. The maximum atomic E-state index is 13.0. The fraction of sp³-hybridized carbons (Fsp3) is 0.438. The summed E-state index contributed by atoms with van der Waals surface area (Å²) in [5, 5.41) is 9.27. The van der Waals surface area contributed by atoms with E-state index in [0.29, 0.717) is 11.5 Å². The lowest BCUT2D eigenvalue weighted by Gasteiger charge is -2.44. The number of rotatable bonds is 5. The Labute approximate surface area is 146 Å². The molecule has 1 aromatic carbocycles. The molecule has 0 amide bonds. The summed E-state index contributed by atoms with van der Waals surface area (Å²) < 4.78 is 32.2. The summed E-state index contributed by atoms with van der Waals surface area (Å²) in [6.07, 6.45) is 5.11. The lowest BCUT2D eigenvalue weighted by Crippen LogP contribution is -2.63. The first kappa shape index (κ1) is 18.6. The summed E-state index contributed by atoms with van der Waals surface area (Å²) in [4.78, 5) is 11.8. The van der Waals surface area contributed by atoms with E-state index in [0.717, 1.165) is 4.31 Å². The van der Waals surface area contributed by atoms with Crippen molar-refractivity contribution in [2.45, 2.75) is 29.5 Å². The van der Waals surface area contributed by atoms with Crippen LogP contribution in [0.4, 0.5) is 0 Å². The molecule has 1 saturated heterocycles. The minimum atomic E-state index is -3.94. The van der Waals surface area contributed by atoms with Gasteiger partial charge in [-0.25, -0.2) is 8.42 Å². The highest BCUT2D eigenvalue weighted by Crippen LogP contribution is 2.38. The molecule has 1 aliphatic heterocycles. The molecule has 1 aliphatic rings. The second kappa shape index (κ2) is 7.05. The van der Waals surface area contributed by atoms with E-state index in [2.05, 4.69) is 5.92 Å². The average Bonchev–Trinajstić information content (AvgIpc) is 2.55. The second-order valence-electron chi connectivity index (χ2n) is 5.51. The summed E-state index contributed by atoms with van der Waals surface area (Å²) in [5.41, 5.74) is -1.50. The third-order valence-electron chi connectivity index (χ3n) is 4.14. The van der Waals surface area contributed by atoms with Crippen LogP contribution in [0, 0.1) is 12.3 Å². The first-order valence-electron chi connectivity index (χ1n) is 7.28. The third-order valence-corrected chi connectivity index (χ3v) is 7.53. The molecule has 0 aliphatic carbocycles. The van der Waals surface area contributed by atoms with Gasteiger partial charge in [0.25, 0.3) is 0 Å². The molecule has 1 fully saturated rings. The Bertz CT molecular complexity index is 754. The van der Waals surface area contributed by atoms with Gasteiger partial charge in [-0.15, -0.1) is 6.42 Å². The SMILES string of the molecule is C#CCOc1ccc(S(=O)(=O)N2CCSC(C)C2(C)C(=O)O)cc1. The van der Waals surface area contributed by atoms with Crippen molar-refractivity contribution in [1.82, 2.24) is 4.31 Å². The van der Waals surface area contributed by atoms with Gasteiger partial charge in [0.1, 0.15) is 17.9 Å². The quantitative estimate of drug-likeness (QED) is 0.795. The lowest BCUT2D eigenvalue weighted by molar-refractivity contribution is -0.147. The van der Waals surface area contributed by atoms with Crippen molar-refractivity contribution >= 4 is 27.8 Å². The molecule has 2 atom stereocenters. The van der Waals surface area contributed by atoms with E-state index in [1.165, 1.54) is 43.0 Å². The highest BCUT2D eigenvalue weighted by atomic mass is 32.2. The molecule has 1 heterocycles. The van der Waals surface area contributed by atoms with Gasteiger partial charge in [0.15, 0.2) is 0 Å². The number of terminal acetylenes is 1. The van der Waals surface area contributed by atoms with Crippen LogP contribution in [-0.2, 0) is 14.8 Å². The van der Waals surface area contributed by atoms with Crippen molar-refractivity contribution in [1.29, 1.82) is 0 Å². The standard InChI is InChI=1S/C16H19NO5S2/c1-4-10-22-13-5-7-14(8-6-13)24(20,21)17-9-11-23-12(2)16(17,3)15(18)19/h1,5-8,12H,9-11H2,2-3H3,(H,18,19). The van der Waals surface area contributed by atoms with Crippen LogP contribution in [0.2, 0.25) is 0 Å².